The van der Waals surface area contributed by atoms with Crippen molar-refractivity contribution in [2.45, 2.75) is 18.2 Å². The highest BCUT2D eigenvalue weighted by atomic mass is 32.2. The molecule has 0 bridgehead atoms. The maximum Gasteiger partial charge on any atom is 0.246 e. The standard InChI is InChI=1S/C11H20N4O3S/c1-10-11(9-12-13-10)19(17,18)15-4-2-3-14(5-6-15)7-8-16/h9,16H,2-8H2,1H3,(H,12,13). The van der Waals surface area contributed by atoms with Gasteiger partial charge in [0.25, 0.3) is 0 Å². The van der Waals surface area contributed by atoms with Gasteiger partial charge in [0.1, 0.15) is 4.90 Å². The number of β-amino-alcohol motifs (C(OH)–C–C–N with tert-alkyl or cyclic N) is 1. The highest BCUT2D eigenvalue weighted by molar-refractivity contribution is 7.89. The van der Waals surface area contributed by atoms with E-state index in [1.54, 1.807) is 6.92 Å². The second-order valence-electron chi connectivity index (χ2n) is 4.68. The first-order valence-corrected chi connectivity index (χ1v) is 7.83. The Labute approximate surface area is 113 Å². The molecule has 2 heterocycles. The maximum atomic E-state index is 12.5. The molecule has 0 saturated carbocycles. The highest BCUT2D eigenvalue weighted by Crippen LogP contribution is 2.19. The van der Waals surface area contributed by atoms with Crippen LogP contribution < -0.4 is 0 Å². The average Bonchev–Trinajstić information content (AvgIpc) is 2.66. The minimum absolute atomic E-state index is 0.105. The zero-order valence-corrected chi connectivity index (χ0v) is 11.9. The second-order valence-corrected chi connectivity index (χ2v) is 6.59. The van der Waals surface area contributed by atoms with Gasteiger partial charge < -0.3 is 5.11 Å². The van der Waals surface area contributed by atoms with Gasteiger partial charge in [0.05, 0.1) is 18.5 Å². The lowest BCUT2D eigenvalue weighted by molar-refractivity contribution is 0.202. The zero-order valence-electron chi connectivity index (χ0n) is 11.0. The molecule has 0 amide bonds. The van der Waals surface area contributed by atoms with E-state index < -0.39 is 10.0 Å². The molecule has 1 aliphatic heterocycles. The molecule has 19 heavy (non-hydrogen) atoms. The predicted molar refractivity (Wildman–Crippen MR) is 70.2 cm³/mol. The molecule has 1 saturated heterocycles. The highest BCUT2D eigenvalue weighted by Gasteiger charge is 2.28. The lowest BCUT2D eigenvalue weighted by Crippen LogP contribution is -2.36. The van der Waals surface area contributed by atoms with Crippen LogP contribution in [0.25, 0.3) is 0 Å². The molecule has 1 fully saturated rings. The molecule has 8 heteroatoms. The summed E-state index contributed by atoms with van der Waals surface area (Å²) in [6.45, 7) is 4.83. The van der Waals surface area contributed by atoms with Crippen LogP contribution in [0.4, 0.5) is 0 Å². The normalized spacial score (nSPS) is 19.5. The molecular weight excluding hydrogens is 268 g/mol. The summed E-state index contributed by atoms with van der Waals surface area (Å²) in [5.74, 6) is 0. The Kier molecular flexibility index (Phi) is 4.56. The molecule has 0 unspecified atom stereocenters. The van der Waals surface area contributed by atoms with Crippen molar-refractivity contribution in [3.05, 3.63) is 11.9 Å². The number of aliphatic hydroxyl groups is 1. The average molecular weight is 288 g/mol. The van der Waals surface area contributed by atoms with Crippen LogP contribution in [0.15, 0.2) is 11.1 Å². The van der Waals surface area contributed by atoms with Crippen LogP contribution in [-0.4, -0.2) is 72.3 Å². The van der Waals surface area contributed by atoms with Crippen LogP contribution in [0.2, 0.25) is 0 Å². The van der Waals surface area contributed by atoms with Crippen molar-refractivity contribution in [2.24, 2.45) is 0 Å². The van der Waals surface area contributed by atoms with Crippen molar-refractivity contribution in [3.8, 4) is 0 Å². The molecule has 1 aromatic heterocycles. The summed E-state index contributed by atoms with van der Waals surface area (Å²) in [5.41, 5.74) is 0.566. The van der Waals surface area contributed by atoms with E-state index in [1.165, 1.54) is 10.5 Å². The number of aromatic nitrogens is 2. The summed E-state index contributed by atoms with van der Waals surface area (Å²) in [4.78, 5) is 2.33. The molecule has 0 spiro atoms. The number of hydrogen-bond acceptors (Lipinski definition) is 5. The number of H-pyrrole nitrogens is 1. The fourth-order valence-corrected chi connectivity index (χ4v) is 3.88. The third kappa shape index (κ3) is 3.14. The molecule has 0 atom stereocenters. The van der Waals surface area contributed by atoms with Crippen LogP contribution in [0, 0.1) is 6.92 Å². The van der Waals surface area contributed by atoms with E-state index in [0.717, 1.165) is 13.0 Å². The van der Waals surface area contributed by atoms with Crippen LogP contribution >= 0.6 is 0 Å². The molecule has 2 rings (SSSR count). The number of sulfonamides is 1. The Balaban J connectivity index is 2.12. The van der Waals surface area contributed by atoms with Crippen molar-refractivity contribution < 1.29 is 13.5 Å². The van der Waals surface area contributed by atoms with Gasteiger partial charge in [0, 0.05) is 26.2 Å². The Morgan fingerprint density at radius 2 is 2.16 bits per heavy atom. The van der Waals surface area contributed by atoms with Gasteiger partial charge in [-0.25, -0.2) is 8.42 Å². The number of aliphatic hydroxyl groups excluding tert-OH is 1. The zero-order chi connectivity index (χ0) is 13.9. The van der Waals surface area contributed by atoms with Crippen molar-refractivity contribution in [2.75, 3.05) is 39.3 Å². The van der Waals surface area contributed by atoms with E-state index in [4.69, 9.17) is 5.11 Å². The Morgan fingerprint density at radius 3 is 2.79 bits per heavy atom. The topological polar surface area (TPSA) is 89.5 Å². The molecule has 0 radical (unpaired) electrons. The summed E-state index contributed by atoms with van der Waals surface area (Å²) in [6.07, 6.45) is 2.14. The largest absolute Gasteiger partial charge is 0.395 e. The molecule has 7 nitrogen and oxygen atoms in total. The molecule has 1 aromatic rings. The van der Waals surface area contributed by atoms with Crippen LogP contribution in [0.3, 0.4) is 0 Å². The summed E-state index contributed by atoms with van der Waals surface area (Å²) in [6, 6.07) is 0. The Hall–Kier alpha value is -0.960. The fraction of sp³-hybridized carbons (Fsp3) is 0.727. The van der Waals surface area contributed by atoms with Gasteiger partial charge in [-0.2, -0.15) is 9.40 Å². The van der Waals surface area contributed by atoms with Crippen molar-refractivity contribution >= 4 is 10.0 Å². The fourth-order valence-electron chi connectivity index (χ4n) is 2.29. The smallest absolute Gasteiger partial charge is 0.246 e. The van der Waals surface area contributed by atoms with Gasteiger partial charge in [-0.3, -0.25) is 10.00 Å². The number of aryl methyl sites for hydroxylation is 1. The van der Waals surface area contributed by atoms with E-state index in [2.05, 4.69) is 15.1 Å². The third-order valence-electron chi connectivity index (χ3n) is 3.37. The van der Waals surface area contributed by atoms with Crippen LogP contribution in [-0.2, 0) is 10.0 Å². The maximum absolute atomic E-state index is 12.5. The summed E-state index contributed by atoms with van der Waals surface area (Å²) in [7, 11) is -3.46. The number of nitrogens with one attached hydrogen (secondary N) is 1. The van der Waals surface area contributed by atoms with Crippen molar-refractivity contribution in [1.29, 1.82) is 0 Å². The quantitative estimate of drug-likeness (QED) is 0.773. The SMILES string of the molecule is Cc1[nH]ncc1S(=O)(=O)N1CCCN(CCO)CC1. The minimum Gasteiger partial charge on any atom is -0.395 e. The van der Waals surface area contributed by atoms with Crippen LogP contribution in [0.5, 0.6) is 0 Å². The molecule has 108 valence electrons. The second kappa shape index (κ2) is 6.00. The first-order chi connectivity index (χ1) is 9.05. The van der Waals surface area contributed by atoms with Crippen LogP contribution in [0.1, 0.15) is 12.1 Å². The predicted octanol–water partition coefficient (Wildman–Crippen LogP) is -0.593. The monoisotopic (exact) mass is 288 g/mol. The Bertz CT molecular complexity index is 514. The molecule has 1 aliphatic rings. The summed E-state index contributed by atoms with van der Waals surface area (Å²) < 4.78 is 26.5. The van der Waals surface area contributed by atoms with E-state index in [0.29, 0.717) is 31.9 Å². The van der Waals surface area contributed by atoms with Gasteiger partial charge in [-0.15, -0.1) is 0 Å². The van der Waals surface area contributed by atoms with E-state index in [9.17, 15) is 8.42 Å². The Morgan fingerprint density at radius 1 is 1.37 bits per heavy atom. The number of hydrogen-bond donors (Lipinski definition) is 2. The minimum atomic E-state index is -3.46. The van der Waals surface area contributed by atoms with E-state index in [1.807, 2.05) is 0 Å². The van der Waals surface area contributed by atoms with Gasteiger partial charge in [0.2, 0.25) is 10.0 Å². The number of aromatic amines is 1. The first kappa shape index (κ1) is 14.4. The molecule has 2 N–H and O–H groups in total. The number of rotatable bonds is 4. The summed E-state index contributed by atoms with van der Waals surface area (Å²) in [5, 5.41) is 15.4. The molecule has 0 aromatic carbocycles. The third-order valence-corrected chi connectivity index (χ3v) is 5.38. The van der Waals surface area contributed by atoms with Gasteiger partial charge >= 0.3 is 0 Å². The lowest BCUT2D eigenvalue weighted by Gasteiger charge is -2.20. The van der Waals surface area contributed by atoms with Crippen molar-refractivity contribution in [3.63, 3.8) is 0 Å². The number of nitrogens with zero attached hydrogens (tertiary/aromatic N) is 3. The van der Waals surface area contributed by atoms with E-state index >= 15 is 0 Å². The molecule has 0 aliphatic carbocycles. The first-order valence-electron chi connectivity index (χ1n) is 6.39. The van der Waals surface area contributed by atoms with Crippen molar-refractivity contribution in [1.82, 2.24) is 19.4 Å². The van der Waals surface area contributed by atoms with Gasteiger partial charge in [-0.1, -0.05) is 0 Å². The lowest BCUT2D eigenvalue weighted by atomic mass is 10.4. The summed E-state index contributed by atoms with van der Waals surface area (Å²) >= 11 is 0. The van der Waals surface area contributed by atoms with Gasteiger partial charge in [0.15, 0.2) is 0 Å². The molecular formula is C11H20N4O3S. The van der Waals surface area contributed by atoms with E-state index in [-0.39, 0.29) is 11.5 Å². The van der Waals surface area contributed by atoms with Gasteiger partial charge in [-0.05, 0) is 19.9 Å².